The van der Waals surface area contributed by atoms with Crippen LogP contribution in [-0.2, 0) is 4.79 Å². The highest BCUT2D eigenvalue weighted by Crippen LogP contribution is 2.27. The van der Waals surface area contributed by atoms with E-state index in [4.69, 9.17) is 16.3 Å². The molecule has 0 aliphatic heterocycles. The first-order valence-electron chi connectivity index (χ1n) is 8.66. The summed E-state index contributed by atoms with van der Waals surface area (Å²) in [5.74, 6) is 1.60. The van der Waals surface area contributed by atoms with E-state index in [-0.39, 0.29) is 5.91 Å². The van der Waals surface area contributed by atoms with Crippen molar-refractivity contribution in [1.82, 2.24) is 4.90 Å². The molecule has 0 saturated heterocycles. The average molecular weight is 393 g/mol. The molecule has 1 N–H and O–H groups in total. The summed E-state index contributed by atoms with van der Waals surface area (Å²) in [6.07, 6.45) is 0.992. The third kappa shape index (κ3) is 6.56. The van der Waals surface area contributed by atoms with Gasteiger partial charge in [0, 0.05) is 4.90 Å². The second-order valence-corrected chi connectivity index (χ2v) is 7.29. The number of thioether (sulfide) groups is 1. The van der Waals surface area contributed by atoms with E-state index >= 15 is 0 Å². The van der Waals surface area contributed by atoms with Crippen LogP contribution in [0.25, 0.3) is 0 Å². The van der Waals surface area contributed by atoms with Crippen molar-refractivity contribution >= 4 is 35.0 Å². The highest BCUT2D eigenvalue weighted by molar-refractivity contribution is 7.99. The first-order chi connectivity index (χ1) is 12.6. The number of carbonyl (C=O) groups is 1. The summed E-state index contributed by atoms with van der Waals surface area (Å²) in [4.78, 5) is 15.6. The Labute approximate surface area is 164 Å². The van der Waals surface area contributed by atoms with Crippen LogP contribution in [0.4, 0.5) is 5.69 Å². The number of benzene rings is 2. The van der Waals surface area contributed by atoms with Crippen LogP contribution >= 0.6 is 23.4 Å². The van der Waals surface area contributed by atoms with Crippen molar-refractivity contribution in [3.05, 3.63) is 53.6 Å². The number of halogens is 1. The van der Waals surface area contributed by atoms with E-state index in [2.05, 4.69) is 17.1 Å². The highest BCUT2D eigenvalue weighted by atomic mass is 35.5. The maximum Gasteiger partial charge on any atom is 0.238 e. The van der Waals surface area contributed by atoms with Gasteiger partial charge in [-0.15, -0.1) is 11.8 Å². The maximum atomic E-state index is 12.3. The number of hydrogen-bond acceptors (Lipinski definition) is 4. The predicted octanol–water partition coefficient (Wildman–Crippen LogP) is 4.79. The van der Waals surface area contributed by atoms with E-state index in [9.17, 15) is 4.79 Å². The van der Waals surface area contributed by atoms with Gasteiger partial charge in [-0.3, -0.25) is 9.69 Å². The molecule has 6 heteroatoms. The lowest BCUT2D eigenvalue weighted by molar-refractivity contribution is -0.117. The molecule has 0 atom stereocenters. The van der Waals surface area contributed by atoms with Gasteiger partial charge in [-0.2, -0.15) is 0 Å². The standard InChI is InChI=1S/C20H25ClN2O2S/c1-3-23(13-8-14-26-19-12-7-4-9-16(19)21)15-20(24)22-17-10-5-6-11-18(17)25-2/h4-7,9-12H,3,8,13-15H2,1-2H3,(H,22,24). The van der Waals surface area contributed by atoms with Gasteiger partial charge in [0.1, 0.15) is 5.75 Å². The molecular weight excluding hydrogens is 368 g/mol. The maximum absolute atomic E-state index is 12.3. The molecule has 0 fully saturated rings. The highest BCUT2D eigenvalue weighted by Gasteiger charge is 2.11. The minimum atomic E-state index is -0.0323. The van der Waals surface area contributed by atoms with Gasteiger partial charge >= 0.3 is 0 Å². The number of hydrogen-bond donors (Lipinski definition) is 1. The molecule has 0 spiro atoms. The summed E-state index contributed by atoms with van der Waals surface area (Å²) in [5.41, 5.74) is 0.699. The molecule has 2 aromatic rings. The Morgan fingerprint density at radius 1 is 1.19 bits per heavy atom. The quantitative estimate of drug-likeness (QED) is 0.466. The summed E-state index contributed by atoms with van der Waals surface area (Å²) in [6, 6.07) is 15.3. The van der Waals surface area contributed by atoms with Crippen molar-refractivity contribution in [1.29, 1.82) is 0 Å². The van der Waals surface area contributed by atoms with Gasteiger partial charge in [0.25, 0.3) is 0 Å². The van der Waals surface area contributed by atoms with E-state index in [0.717, 1.165) is 35.2 Å². The van der Waals surface area contributed by atoms with E-state index in [1.807, 2.05) is 48.5 Å². The zero-order valence-corrected chi connectivity index (χ0v) is 16.8. The van der Waals surface area contributed by atoms with Crippen molar-refractivity contribution in [2.24, 2.45) is 0 Å². The van der Waals surface area contributed by atoms with E-state index in [1.165, 1.54) is 0 Å². The monoisotopic (exact) mass is 392 g/mol. The van der Waals surface area contributed by atoms with Gasteiger partial charge in [-0.05, 0) is 49.5 Å². The molecule has 0 aliphatic carbocycles. The molecule has 0 heterocycles. The topological polar surface area (TPSA) is 41.6 Å². The third-order valence-electron chi connectivity index (χ3n) is 3.91. The summed E-state index contributed by atoms with van der Waals surface area (Å²) in [6.45, 7) is 4.13. The number of para-hydroxylation sites is 2. The fourth-order valence-electron chi connectivity index (χ4n) is 2.52. The molecule has 0 aromatic heterocycles. The van der Waals surface area contributed by atoms with E-state index < -0.39 is 0 Å². The Bertz CT molecular complexity index is 712. The third-order valence-corrected chi connectivity index (χ3v) is 5.51. The van der Waals surface area contributed by atoms with Gasteiger partial charge in [0.05, 0.1) is 24.4 Å². The van der Waals surface area contributed by atoms with E-state index in [0.29, 0.717) is 18.0 Å². The van der Waals surface area contributed by atoms with E-state index in [1.54, 1.807) is 18.9 Å². The molecule has 0 saturated carbocycles. The molecule has 4 nitrogen and oxygen atoms in total. The molecule has 26 heavy (non-hydrogen) atoms. The normalized spacial score (nSPS) is 10.8. The number of anilines is 1. The van der Waals surface area contributed by atoms with Crippen molar-refractivity contribution in [2.45, 2.75) is 18.2 Å². The molecule has 2 aromatic carbocycles. The number of nitrogens with zero attached hydrogens (tertiary/aromatic N) is 1. The van der Waals surface area contributed by atoms with Crippen LogP contribution in [0.3, 0.4) is 0 Å². The lowest BCUT2D eigenvalue weighted by Gasteiger charge is -2.20. The number of amides is 1. The number of likely N-dealkylation sites (N-methyl/N-ethyl adjacent to an activating group) is 1. The molecule has 2 rings (SSSR count). The van der Waals surface area contributed by atoms with Crippen LogP contribution in [0.2, 0.25) is 5.02 Å². The first kappa shape index (κ1) is 20.6. The number of carbonyl (C=O) groups excluding carboxylic acids is 1. The molecular formula is C20H25ClN2O2S. The SMILES string of the molecule is CCN(CCCSc1ccccc1Cl)CC(=O)Nc1ccccc1OC. The number of nitrogens with one attached hydrogen (secondary N) is 1. The number of rotatable bonds is 10. The Morgan fingerprint density at radius 3 is 2.65 bits per heavy atom. The lowest BCUT2D eigenvalue weighted by atomic mass is 10.3. The molecule has 0 unspecified atom stereocenters. The van der Waals surface area contributed by atoms with Gasteiger partial charge in [-0.1, -0.05) is 42.8 Å². The molecule has 140 valence electrons. The van der Waals surface area contributed by atoms with Crippen LogP contribution in [0.15, 0.2) is 53.4 Å². The van der Waals surface area contributed by atoms with Crippen LogP contribution in [-0.4, -0.2) is 43.3 Å². The minimum Gasteiger partial charge on any atom is -0.495 e. The van der Waals surface area contributed by atoms with Crippen LogP contribution in [0.1, 0.15) is 13.3 Å². The van der Waals surface area contributed by atoms with Crippen molar-refractivity contribution in [2.75, 3.05) is 37.8 Å². The fraction of sp³-hybridized carbons (Fsp3) is 0.350. The second-order valence-electron chi connectivity index (χ2n) is 5.75. The summed E-state index contributed by atoms with van der Waals surface area (Å²) < 4.78 is 5.27. The van der Waals surface area contributed by atoms with Crippen molar-refractivity contribution in [3.8, 4) is 5.75 Å². The van der Waals surface area contributed by atoms with Crippen LogP contribution in [0.5, 0.6) is 5.75 Å². The molecule has 0 radical (unpaired) electrons. The largest absolute Gasteiger partial charge is 0.495 e. The fourth-order valence-corrected chi connectivity index (χ4v) is 3.70. The Morgan fingerprint density at radius 2 is 1.92 bits per heavy atom. The Kier molecular flexibility index (Phi) is 8.81. The minimum absolute atomic E-state index is 0.0323. The summed E-state index contributed by atoms with van der Waals surface area (Å²) in [7, 11) is 1.60. The van der Waals surface area contributed by atoms with Crippen LogP contribution in [0, 0.1) is 0 Å². The van der Waals surface area contributed by atoms with Crippen molar-refractivity contribution < 1.29 is 9.53 Å². The zero-order valence-electron chi connectivity index (χ0n) is 15.2. The van der Waals surface area contributed by atoms with Crippen LogP contribution < -0.4 is 10.1 Å². The van der Waals surface area contributed by atoms with Crippen molar-refractivity contribution in [3.63, 3.8) is 0 Å². The van der Waals surface area contributed by atoms with Gasteiger partial charge < -0.3 is 10.1 Å². The molecule has 0 aliphatic rings. The smallest absolute Gasteiger partial charge is 0.238 e. The number of methoxy groups -OCH3 is 1. The van der Waals surface area contributed by atoms with Gasteiger partial charge in [0.15, 0.2) is 0 Å². The lowest BCUT2D eigenvalue weighted by Crippen LogP contribution is -2.34. The Hall–Kier alpha value is -1.69. The summed E-state index contributed by atoms with van der Waals surface area (Å²) in [5, 5.41) is 3.71. The average Bonchev–Trinajstić information content (AvgIpc) is 2.66. The number of ether oxygens (including phenoxy) is 1. The molecule has 0 bridgehead atoms. The zero-order chi connectivity index (χ0) is 18.8. The van der Waals surface area contributed by atoms with Gasteiger partial charge in [-0.25, -0.2) is 0 Å². The first-order valence-corrected chi connectivity index (χ1v) is 10.0. The molecule has 1 amide bonds. The summed E-state index contributed by atoms with van der Waals surface area (Å²) >= 11 is 7.92. The Balaban J connectivity index is 1.76. The second kappa shape index (κ2) is 11.1. The van der Waals surface area contributed by atoms with Gasteiger partial charge in [0.2, 0.25) is 5.91 Å². The predicted molar refractivity (Wildman–Crippen MR) is 111 cm³/mol.